The molecule has 20 heavy (non-hydrogen) atoms. The third-order valence-electron chi connectivity index (χ3n) is 3.88. The SMILES string of the molecule is OC(CCC1CCCCO1)c1cc2cccc(Cl)c2o1. The molecular weight excluding hydrogens is 276 g/mol. The predicted molar refractivity (Wildman–Crippen MR) is 79.0 cm³/mol. The first-order valence-corrected chi connectivity index (χ1v) is 7.59. The minimum atomic E-state index is -0.594. The normalized spacial score (nSPS) is 21.2. The molecule has 2 heterocycles. The molecule has 0 spiro atoms. The third kappa shape index (κ3) is 3.00. The molecule has 1 aromatic heterocycles. The molecule has 1 aliphatic heterocycles. The fourth-order valence-corrected chi connectivity index (χ4v) is 2.95. The summed E-state index contributed by atoms with van der Waals surface area (Å²) in [6, 6.07) is 7.48. The highest BCUT2D eigenvalue weighted by Gasteiger charge is 2.19. The van der Waals surface area contributed by atoms with Gasteiger partial charge in [-0.3, -0.25) is 0 Å². The smallest absolute Gasteiger partial charge is 0.152 e. The summed E-state index contributed by atoms with van der Waals surface area (Å²) >= 11 is 6.08. The van der Waals surface area contributed by atoms with E-state index in [1.807, 2.05) is 18.2 Å². The van der Waals surface area contributed by atoms with Gasteiger partial charge in [0, 0.05) is 12.0 Å². The van der Waals surface area contributed by atoms with Crippen LogP contribution in [0.1, 0.15) is 44.0 Å². The highest BCUT2D eigenvalue weighted by Crippen LogP contribution is 2.31. The van der Waals surface area contributed by atoms with Gasteiger partial charge in [0.2, 0.25) is 0 Å². The Morgan fingerprint density at radius 1 is 1.35 bits per heavy atom. The number of fused-ring (bicyclic) bond motifs is 1. The van der Waals surface area contributed by atoms with E-state index in [1.165, 1.54) is 6.42 Å². The number of para-hydroxylation sites is 1. The lowest BCUT2D eigenvalue weighted by Crippen LogP contribution is -2.19. The van der Waals surface area contributed by atoms with Crippen LogP contribution in [-0.2, 0) is 4.74 Å². The average molecular weight is 295 g/mol. The van der Waals surface area contributed by atoms with Crippen LogP contribution >= 0.6 is 11.6 Å². The van der Waals surface area contributed by atoms with E-state index in [1.54, 1.807) is 6.07 Å². The minimum Gasteiger partial charge on any atom is -0.457 e. The lowest BCUT2D eigenvalue weighted by molar-refractivity contribution is 0.000745. The van der Waals surface area contributed by atoms with Crippen LogP contribution in [-0.4, -0.2) is 17.8 Å². The minimum absolute atomic E-state index is 0.284. The van der Waals surface area contributed by atoms with Gasteiger partial charge in [0.15, 0.2) is 5.58 Å². The zero-order valence-corrected chi connectivity index (χ0v) is 12.1. The van der Waals surface area contributed by atoms with E-state index in [2.05, 4.69) is 0 Å². The van der Waals surface area contributed by atoms with Crippen molar-refractivity contribution in [3.8, 4) is 0 Å². The summed E-state index contributed by atoms with van der Waals surface area (Å²) in [7, 11) is 0. The average Bonchev–Trinajstić information content (AvgIpc) is 2.91. The molecule has 4 heteroatoms. The molecule has 108 valence electrons. The highest BCUT2D eigenvalue weighted by molar-refractivity contribution is 6.34. The van der Waals surface area contributed by atoms with Gasteiger partial charge in [-0.15, -0.1) is 0 Å². The molecule has 0 bridgehead atoms. The number of hydrogen-bond acceptors (Lipinski definition) is 3. The van der Waals surface area contributed by atoms with Gasteiger partial charge in [-0.25, -0.2) is 0 Å². The van der Waals surface area contributed by atoms with Gasteiger partial charge in [-0.2, -0.15) is 0 Å². The number of furan rings is 1. The molecular formula is C16H19ClO3. The van der Waals surface area contributed by atoms with Gasteiger partial charge < -0.3 is 14.3 Å². The van der Waals surface area contributed by atoms with Crippen LogP contribution in [0.2, 0.25) is 5.02 Å². The molecule has 0 amide bonds. The largest absolute Gasteiger partial charge is 0.457 e. The molecule has 0 radical (unpaired) electrons. The van der Waals surface area contributed by atoms with Crippen LogP contribution in [0.25, 0.3) is 11.0 Å². The Bertz CT molecular complexity index is 572. The molecule has 1 saturated heterocycles. The van der Waals surface area contributed by atoms with E-state index in [9.17, 15) is 5.11 Å². The molecule has 3 nitrogen and oxygen atoms in total. The maximum absolute atomic E-state index is 10.3. The topological polar surface area (TPSA) is 42.6 Å². The van der Waals surface area contributed by atoms with Crippen molar-refractivity contribution in [1.82, 2.24) is 0 Å². The summed E-state index contributed by atoms with van der Waals surface area (Å²) in [5, 5.41) is 11.8. The van der Waals surface area contributed by atoms with Crippen molar-refractivity contribution in [1.29, 1.82) is 0 Å². The molecule has 1 fully saturated rings. The summed E-state index contributed by atoms with van der Waals surface area (Å²) in [6.07, 6.45) is 4.69. The lowest BCUT2D eigenvalue weighted by Gasteiger charge is -2.23. The van der Waals surface area contributed by atoms with Gasteiger partial charge >= 0.3 is 0 Å². The van der Waals surface area contributed by atoms with Gasteiger partial charge in [-0.05, 0) is 44.2 Å². The number of rotatable bonds is 4. The standard InChI is InChI=1S/C16H19ClO3/c17-13-6-3-4-11-10-15(20-16(11)13)14(18)8-7-12-5-1-2-9-19-12/h3-4,6,10,12,14,18H,1-2,5,7-9H2. The Balaban J connectivity index is 1.65. The zero-order chi connectivity index (χ0) is 13.9. The number of aliphatic hydroxyl groups is 1. The number of benzene rings is 1. The lowest BCUT2D eigenvalue weighted by atomic mass is 10.0. The van der Waals surface area contributed by atoms with E-state index < -0.39 is 6.10 Å². The van der Waals surface area contributed by atoms with Crippen LogP contribution in [0.3, 0.4) is 0 Å². The van der Waals surface area contributed by atoms with Crippen molar-refractivity contribution in [2.45, 2.75) is 44.3 Å². The van der Waals surface area contributed by atoms with Gasteiger partial charge in [0.05, 0.1) is 11.1 Å². The second-order valence-corrected chi connectivity index (χ2v) is 5.80. The second-order valence-electron chi connectivity index (χ2n) is 5.39. The van der Waals surface area contributed by atoms with Crippen molar-refractivity contribution < 1.29 is 14.3 Å². The first-order chi connectivity index (χ1) is 9.74. The van der Waals surface area contributed by atoms with Crippen molar-refractivity contribution >= 4 is 22.6 Å². The Hall–Kier alpha value is -1.03. The first-order valence-electron chi connectivity index (χ1n) is 7.21. The highest BCUT2D eigenvalue weighted by atomic mass is 35.5. The number of aliphatic hydroxyl groups excluding tert-OH is 1. The van der Waals surface area contributed by atoms with E-state index in [-0.39, 0.29) is 6.10 Å². The summed E-state index contributed by atoms with van der Waals surface area (Å²) < 4.78 is 11.4. The zero-order valence-electron chi connectivity index (χ0n) is 11.3. The van der Waals surface area contributed by atoms with E-state index in [0.29, 0.717) is 22.8 Å². The van der Waals surface area contributed by atoms with Crippen molar-refractivity contribution in [3.63, 3.8) is 0 Å². The molecule has 1 N–H and O–H groups in total. The van der Waals surface area contributed by atoms with E-state index >= 15 is 0 Å². The summed E-state index contributed by atoms with van der Waals surface area (Å²) in [5.41, 5.74) is 0.650. The van der Waals surface area contributed by atoms with Crippen LogP contribution in [0.15, 0.2) is 28.7 Å². The van der Waals surface area contributed by atoms with Crippen LogP contribution in [0, 0.1) is 0 Å². The number of hydrogen-bond donors (Lipinski definition) is 1. The maximum Gasteiger partial charge on any atom is 0.152 e. The van der Waals surface area contributed by atoms with Crippen LogP contribution in [0.5, 0.6) is 0 Å². The molecule has 0 saturated carbocycles. The molecule has 2 atom stereocenters. The summed E-state index contributed by atoms with van der Waals surface area (Å²) in [4.78, 5) is 0. The van der Waals surface area contributed by atoms with Crippen molar-refractivity contribution in [3.05, 3.63) is 35.0 Å². The maximum atomic E-state index is 10.3. The van der Waals surface area contributed by atoms with E-state index in [0.717, 1.165) is 31.3 Å². The predicted octanol–water partition coefficient (Wildman–Crippen LogP) is 4.47. The van der Waals surface area contributed by atoms with Gasteiger partial charge in [-0.1, -0.05) is 23.7 Å². The first kappa shape index (κ1) is 13.9. The number of halogens is 1. The summed E-state index contributed by atoms with van der Waals surface area (Å²) in [6.45, 7) is 0.848. The Morgan fingerprint density at radius 3 is 3.00 bits per heavy atom. The molecule has 3 rings (SSSR count). The fourth-order valence-electron chi connectivity index (χ4n) is 2.73. The molecule has 1 aliphatic rings. The molecule has 2 unspecified atom stereocenters. The summed E-state index contributed by atoms with van der Waals surface area (Å²) in [5.74, 6) is 0.587. The third-order valence-corrected chi connectivity index (χ3v) is 4.18. The Morgan fingerprint density at radius 2 is 2.25 bits per heavy atom. The quantitative estimate of drug-likeness (QED) is 0.904. The van der Waals surface area contributed by atoms with Crippen LogP contribution < -0.4 is 0 Å². The molecule has 1 aromatic carbocycles. The van der Waals surface area contributed by atoms with Crippen molar-refractivity contribution in [2.75, 3.05) is 6.61 Å². The molecule has 2 aromatic rings. The Labute approximate surface area is 123 Å². The Kier molecular flexibility index (Phi) is 4.29. The monoisotopic (exact) mass is 294 g/mol. The van der Waals surface area contributed by atoms with Gasteiger partial charge in [0.1, 0.15) is 11.9 Å². The fraction of sp³-hybridized carbons (Fsp3) is 0.500. The van der Waals surface area contributed by atoms with Crippen LogP contribution in [0.4, 0.5) is 0 Å². The van der Waals surface area contributed by atoms with Crippen molar-refractivity contribution in [2.24, 2.45) is 0 Å². The van der Waals surface area contributed by atoms with Gasteiger partial charge in [0.25, 0.3) is 0 Å². The number of ether oxygens (including phenoxy) is 1. The molecule has 0 aliphatic carbocycles. The van der Waals surface area contributed by atoms with E-state index in [4.69, 9.17) is 20.8 Å². The second kappa shape index (κ2) is 6.17.